The molecule has 0 spiro atoms. The third-order valence-corrected chi connectivity index (χ3v) is 4.67. The molecular weight excluding hydrogens is 377 g/mol. The van der Waals surface area contributed by atoms with Crippen molar-refractivity contribution < 1.29 is 23.5 Å². The van der Waals surface area contributed by atoms with E-state index in [9.17, 15) is 18.8 Å². The van der Waals surface area contributed by atoms with Gasteiger partial charge in [0.1, 0.15) is 17.6 Å². The predicted octanol–water partition coefficient (Wildman–Crippen LogP) is 2.70. The molecule has 1 aliphatic heterocycles. The number of hydrogen-bond donors (Lipinski definition) is 1. The van der Waals surface area contributed by atoms with E-state index in [0.29, 0.717) is 12.3 Å². The number of nitrogens with one attached hydrogen (secondary N) is 1. The second-order valence-corrected chi connectivity index (χ2v) is 6.58. The molecule has 7 nitrogen and oxygen atoms in total. The van der Waals surface area contributed by atoms with Crippen LogP contribution in [0.3, 0.4) is 0 Å². The van der Waals surface area contributed by atoms with Crippen LogP contribution in [-0.4, -0.2) is 42.4 Å². The van der Waals surface area contributed by atoms with Gasteiger partial charge in [0, 0.05) is 13.1 Å². The highest BCUT2D eigenvalue weighted by molar-refractivity contribution is 6.22. The van der Waals surface area contributed by atoms with Crippen molar-refractivity contribution in [2.45, 2.75) is 25.9 Å². The molecule has 2 aromatic rings. The number of nitrogens with zero attached hydrogens (tertiary/aromatic N) is 2. The van der Waals surface area contributed by atoms with Gasteiger partial charge in [-0.25, -0.2) is 14.1 Å². The minimum absolute atomic E-state index is 0.147. The average molecular weight is 399 g/mol. The Balaban J connectivity index is 1.90. The fourth-order valence-electron chi connectivity index (χ4n) is 3.21. The van der Waals surface area contributed by atoms with Gasteiger partial charge in [-0.05, 0) is 48.9 Å². The number of imide groups is 1. The summed E-state index contributed by atoms with van der Waals surface area (Å²) >= 11 is 0. The zero-order chi connectivity index (χ0) is 21.0. The molecule has 1 atom stereocenters. The molecule has 1 fully saturated rings. The molecule has 152 valence electrons. The summed E-state index contributed by atoms with van der Waals surface area (Å²) in [6.07, 6.45) is -0.147. The first-order chi connectivity index (χ1) is 13.9. The highest BCUT2D eigenvalue weighted by atomic mass is 19.1. The first-order valence-electron chi connectivity index (χ1n) is 9.24. The van der Waals surface area contributed by atoms with E-state index < -0.39 is 23.8 Å². The van der Waals surface area contributed by atoms with Gasteiger partial charge in [-0.15, -0.1) is 0 Å². The molecule has 0 radical (unpaired) electrons. The van der Waals surface area contributed by atoms with Crippen LogP contribution in [0, 0.1) is 5.82 Å². The van der Waals surface area contributed by atoms with E-state index in [1.165, 1.54) is 29.2 Å². The van der Waals surface area contributed by atoms with E-state index in [4.69, 9.17) is 4.74 Å². The second kappa shape index (κ2) is 8.72. The summed E-state index contributed by atoms with van der Waals surface area (Å²) in [7, 11) is 1.56. The number of anilines is 1. The first kappa shape index (κ1) is 20.3. The van der Waals surface area contributed by atoms with E-state index >= 15 is 0 Å². The topological polar surface area (TPSA) is 79.0 Å². The fraction of sp³-hybridized carbons (Fsp3) is 0.286. The first-order valence-corrected chi connectivity index (χ1v) is 9.24. The summed E-state index contributed by atoms with van der Waals surface area (Å²) in [5.41, 5.74) is 1.05. The Morgan fingerprint density at radius 2 is 1.76 bits per heavy atom. The summed E-state index contributed by atoms with van der Waals surface area (Å²) in [6, 6.07) is 10.7. The lowest BCUT2D eigenvalue weighted by atomic mass is 10.1. The monoisotopic (exact) mass is 399 g/mol. The molecular formula is C21H22FN3O4. The lowest BCUT2D eigenvalue weighted by molar-refractivity contribution is -0.127. The van der Waals surface area contributed by atoms with E-state index in [2.05, 4.69) is 5.32 Å². The molecule has 4 amide bonds. The highest BCUT2D eigenvalue weighted by Crippen LogP contribution is 2.28. The number of methoxy groups -OCH3 is 1. The summed E-state index contributed by atoms with van der Waals surface area (Å²) in [6.45, 7) is 2.35. The van der Waals surface area contributed by atoms with E-state index in [-0.39, 0.29) is 24.6 Å². The van der Waals surface area contributed by atoms with E-state index in [0.717, 1.165) is 10.5 Å². The van der Waals surface area contributed by atoms with Crippen LogP contribution in [0.25, 0.3) is 0 Å². The van der Waals surface area contributed by atoms with Gasteiger partial charge in [-0.3, -0.25) is 9.59 Å². The third kappa shape index (κ3) is 4.37. The molecule has 0 aliphatic carbocycles. The van der Waals surface area contributed by atoms with Crippen LogP contribution in [-0.2, 0) is 16.1 Å². The van der Waals surface area contributed by atoms with Crippen molar-refractivity contribution in [2.24, 2.45) is 0 Å². The van der Waals surface area contributed by atoms with Crippen LogP contribution >= 0.6 is 0 Å². The molecule has 0 saturated carbocycles. The standard InChI is InChI=1S/C21H22FN3O4/c1-3-23-19(26)12-18-20(27)25(16-8-6-15(22)7-9-16)21(28)24(18)13-14-4-10-17(29-2)11-5-14/h4-11,18H,3,12-13H2,1-2H3,(H,23,26)/t18-/m1/s1. The smallest absolute Gasteiger partial charge is 0.332 e. The van der Waals surface area contributed by atoms with Gasteiger partial charge in [-0.1, -0.05) is 12.1 Å². The molecule has 0 aromatic heterocycles. The number of benzene rings is 2. The Hall–Kier alpha value is -3.42. The molecule has 0 unspecified atom stereocenters. The summed E-state index contributed by atoms with van der Waals surface area (Å²) < 4.78 is 18.4. The van der Waals surface area contributed by atoms with Crippen molar-refractivity contribution in [3.63, 3.8) is 0 Å². The maximum Gasteiger partial charge on any atom is 0.332 e. The number of carbonyl (C=O) groups is 3. The lowest BCUT2D eigenvalue weighted by Crippen LogP contribution is -2.39. The van der Waals surface area contributed by atoms with Crippen LogP contribution in [0.2, 0.25) is 0 Å². The Morgan fingerprint density at radius 3 is 2.34 bits per heavy atom. The molecule has 2 aromatic carbocycles. The Bertz CT molecular complexity index is 899. The van der Waals surface area contributed by atoms with Gasteiger partial charge in [-0.2, -0.15) is 0 Å². The van der Waals surface area contributed by atoms with Crippen molar-refractivity contribution in [1.82, 2.24) is 10.2 Å². The van der Waals surface area contributed by atoms with Crippen molar-refractivity contribution in [3.05, 3.63) is 59.9 Å². The number of hydrogen-bond acceptors (Lipinski definition) is 4. The van der Waals surface area contributed by atoms with Gasteiger partial charge in [0.2, 0.25) is 5.91 Å². The zero-order valence-corrected chi connectivity index (χ0v) is 16.2. The Kier molecular flexibility index (Phi) is 6.11. The van der Waals surface area contributed by atoms with Crippen molar-refractivity contribution in [2.75, 3.05) is 18.6 Å². The number of halogens is 1. The SMILES string of the molecule is CCNC(=O)C[C@@H]1C(=O)N(c2ccc(F)cc2)C(=O)N1Cc1ccc(OC)cc1. The molecule has 1 N–H and O–H groups in total. The summed E-state index contributed by atoms with van der Waals surface area (Å²) in [5, 5.41) is 2.66. The van der Waals surface area contributed by atoms with Gasteiger partial charge < -0.3 is 15.0 Å². The lowest BCUT2D eigenvalue weighted by Gasteiger charge is -2.21. The van der Waals surface area contributed by atoms with E-state index in [1.807, 2.05) is 0 Å². The Labute approximate surface area is 168 Å². The van der Waals surface area contributed by atoms with Crippen LogP contribution < -0.4 is 15.0 Å². The van der Waals surface area contributed by atoms with Crippen molar-refractivity contribution in [3.8, 4) is 5.75 Å². The van der Waals surface area contributed by atoms with Gasteiger partial charge in [0.25, 0.3) is 5.91 Å². The molecule has 1 aliphatic rings. The molecule has 8 heteroatoms. The number of carbonyl (C=O) groups excluding carboxylic acids is 3. The third-order valence-electron chi connectivity index (χ3n) is 4.67. The van der Waals surface area contributed by atoms with Crippen LogP contribution in [0.15, 0.2) is 48.5 Å². The largest absolute Gasteiger partial charge is 0.497 e. The highest BCUT2D eigenvalue weighted by Gasteiger charge is 2.46. The van der Waals surface area contributed by atoms with Gasteiger partial charge in [0.05, 0.1) is 19.2 Å². The molecule has 3 rings (SSSR count). The minimum atomic E-state index is -0.943. The van der Waals surface area contributed by atoms with Gasteiger partial charge in [0.15, 0.2) is 0 Å². The number of ether oxygens (including phenoxy) is 1. The number of amides is 4. The van der Waals surface area contributed by atoms with Crippen LogP contribution in [0.5, 0.6) is 5.75 Å². The van der Waals surface area contributed by atoms with Crippen LogP contribution in [0.4, 0.5) is 14.9 Å². The number of urea groups is 1. The quantitative estimate of drug-likeness (QED) is 0.726. The molecule has 29 heavy (non-hydrogen) atoms. The maximum absolute atomic E-state index is 13.3. The average Bonchev–Trinajstić information content (AvgIpc) is 2.93. The summed E-state index contributed by atoms with van der Waals surface area (Å²) in [5.74, 6) is -0.632. The van der Waals surface area contributed by atoms with E-state index in [1.54, 1.807) is 38.3 Å². The Morgan fingerprint density at radius 1 is 1.10 bits per heavy atom. The normalized spacial score (nSPS) is 16.3. The van der Waals surface area contributed by atoms with Gasteiger partial charge >= 0.3 is 6.03 Å². The predicted molar refractivity (Wildman–Crippen MR) is 105 cm³/mol. The van der Waals surface area contributed by atoms with Crippen molar-refractivity contribution >= 4 is 23.5 Å². The maximum atomic E-state index is 13.3. The molecule has 0 bridgehead atoms. The van der Waals surface area contributed by atoms with Crippen LogP contribution in [0.1, 0.15) is 18.9 Å². The second-order valence-electron chi connectivity index (χ2n) is 6.58. The number of rotatable bonds is 7. The molecule has 1 heterocycles. The minimum Gasteiger partial charge on any atom is -0.497 e. The fourth-order valence-corrected chi connectivity index (χ4v) is 3.21. The summed E-state index contributed by atoms with van der Waals surface area (Å²) in [4.78, 5) is 40.6. The molecule has 1 saturated heterocycles. The van der Waals surface area contributed by atoms with Crippen molar-refractivity contribution in [1.29, 1.82) is 0 Å². The zero-order valence-electron chi connectivity index (χ0n) is 16.2.